The summed E-state index contributed by atoms with van der Waals surface area (Å²) in [4.78, 5) is 11.9. The van der Waals surface area contributed by atoms with Crippen LogP contribution in [-0.4, -0.2) is 29.2 Å². The van der Waals surface area contributed by atoms with Gasteiger partial charge in [-0.3, -0.25) is 4.79 Å². The van der Waals surface area contributed by atoms with Crippen LogP contribution < -0.4 is 11.1 Å². The van der Waals surface area contributed by atoms with E-state index in [0.717, 1.165) is 25.7 Å². The molecule has 102 valence electrons. The maximum Gasteiger partial charge on any atom is 0.227 e. The van der Waals surface area contributed by atoms with E-state index in [1.165, 1.54) is 0 Å². The van der Waals surface area contributed by atoms with Crippen molar-refractivity contribution < 1.29 is 9.90 Å². The first kappa shape index (κ1) is 13.6. The SMILES string of the molecule is CC1CCC(O)(CNC(=O)C2C=CC(N)C2)CC1. The molecule has 0 spiro atoms. The second-order valence-electron chi connectivity index (χ2n) is 6.02. The van der Waals surface area contributed by atoms with Crippen LogP contribution >= 0.6 is 0 Å². The summed E-state index contributed by atoms with van der Waals surface area (Å²) in [5, 5.41) is 13.2. The van der Waals surface area contributed by atoms with Gasteiger partial charge in [-0.05, 0) is 38.0 Å². The zero-order valence-electron chi connectivity index (χ0n) is 11.1. The molecule has 2 atom stereocenters. The smallest absolute Gasteiger partial charge is 0.227 e. The Bertz CT molecular complexity index is 333. The van der Waals surface area contributed by atoms with Crippen molar-refractivity contribution in [3.8, 4) is 0 Å². The predicted molar refractivity (Wildman–Crippen MR) is 70.8 cm³/mol. The summed E-state index contributed by atoms with van der Waals surface area (Å²) >= 11 is 0. The lowest BCUT2D eigenvalue weighted by atomic mass is 9.79. The van der Waals surface area contributed by atoms with E-state index in [1.807, 2.05) is 12.2 Å². The second kappa shape index (κ2) is 5.41. The van der Waals surface area contributed by atoms with Gasteiger partial charge in [0.05, 0.1) is 11.5 Å². The minimum Gasteiger partial charge on any atom is -0.388 e. The van der Waals surface area contributed by atoms with Crippen LogP contribution in [0, 0.1) is 11.8 Å². The van der Waals surface area contributed by atoms with Crippen LogP contribution in [-0.2, 0) is 4.79 Å². The summed E-state index contributed by atoms with van der Waals surface area (Å²) in [5.41, 5.74) is 5.03. The number of rotatable bonds is 3. The van der Waals surface area contributed by atoms with Gasteiger partial charge in [0, 0.05) is 12.6 Å². The van der Waals surface area contributed by atoms with E-state index in [2.05, 4.69) is 12.2 Å². The molecular weight excluding hydrogens is 228 g/mol. The summed E-state index contributed by atoms with van der Waals surface area (Å²) in [5.74, 6) is 0.564. The Morgan fingerprint density at radius 2 is 2.11 bits per heavy atom. The van der Waals surface area contributed by atoms with Crippen LogP contribution in [0.2, 0.25) is 0 Å². The maximum atomic E-state index is 11.9. The zero-order valence-corrected chi connectivity index (χ0v) is 11.1. The molecule has 0 aromatic carbocycles. The molecule has 2 aliphatic rings. The van der Waals surface area contributed by atoms with Crippen LogP contribution in [0.5, 0.6) is 0 Å². The first-order chi connectivity index (χ1) is 8.48. The molecule has 0 saturated heterocycles. The van der Waals surface area contributed by atoms with Gasteiger partial charge >= 0.3 is 0 Å². The third-order valence-corrected chi connectivity index (χ3v) is 4.25. The van der Waals surface area contributed by atoms with Crippen LogP contribution in [0.4, 0.5) is 0 Å². The van der Waals surface area contributed by atoms with E-state index in [0.29, 0.717) is 18.9 Å². The molecule has 0 bridgehead atoms. The standard InChI is InChI=1S/C14H24N2O2/c1-10-4-6-14(18,7-5-10)9-16-13(17)11-2-3-12(15)8-11/h2-3,10-12,18H,4-9,15H2,1H3,(H,16,17). The van der Waals surface area contributed by atoms with Crippen molar-refractivity contribution in [2.75, 3.05) is 6.54 Å². The molecule has 2 aliphatic carbocycles. The Labute approximate surface area is 109 Å². The monoisotopic (exact) mass is 252 g/mol. The predicted octanol–water partition coefficient (Wildman–Crippen LogP) is 0.947. The molecular formula is C14H24N2O2. The molecule has 18 heavy (non-hydrogen) atoms. The van der Waals surface area contributed by atoms with Gasteiger partial charge in [-0.2, -0.15) is 0 Å². The van der Waals surface area contributed by atoms with Gasteiger partial charge in [0.1, 0.15) is 0 Å². The largest absolute Gasteiger partial charge is 0.388 e. The molecule has 0 radical (unpaired) electrons. The van der Waals surface area contributed by atoms with Crippen molar-refractivity contribution in [3.05, 3.63) is 12.2 Å². The molecule has 0 heterocycles. The lowest BCUT2D eigenvalue weighted by Gasteiger charge is -2.35. The average Bonchev–Trinajstić information content (AvgIpc) is 2.77. The number of carbonyl (C=O) groups is 1. The number of nitrogens with two attached hydrogens (primary N) is 1. The number of hydrogen-bond acceptors (Lipinski definition) is 3. The van der Waals surface area contributed by atoms with Crippen molar-refractivity contribution in [2.24, 2.45) is 17.6 Å². The summed E-state index contributed by atoms with van der Waals surface area (Å²) < 4.78 is 0. The molecule has 2 rings (SSSR count). The third kappa shape index (κ3) is 3.33. The topological polar surface area (TPSA) is 75.3 Å². The third-order valence-electron chi connectivity index (χ3n) is 4.25. The van der Waals surface area contributed by atoms with Gasteiger partial charge in [0.2, 0.25) is 5.91 Å². The Kier molecular flexibility index (Phi) is 4.07. The fourth-order valence-corrected chi connectivity index (χ4v) is 2.78. The molecule has 2 unspecified atom stereocenters. The van der Waals surface area contributed by atoms with Gasteiger partial charge < -0.3 is 16.2 Å². The molecule has 4 N–H and O–H groups in total. The first-order valence-corrected chi connectivity index (χ1v) is 6.92. The van der Waals surface area contributed by atoms with E-state index in [-0.39, 0.29) is 17.9 Å². The number of aliphatic hydroxyl groups is 1. The molecule has 4 nitrogen and oxygen atoms in total. The lowest BCUT2D eigenvalue weighted by molar-refractivity contribution is -0.125. The van der Waals surface area contributed by atoms with Gasteiger partial charge in [0.25, 0.3) is 0 Å². The Hall–Kier alpha value is -0.870. The summed E-state index contributed by atoms with van der Waals surface area (Å²) in [6, 6.07) is -0.000586. The minimum absolute atomic E-state index is 0.000586. The minimum atomic E-state index is -0.702. The number of carbonyl (C=O) groups excluding carboxylic acids is 1. The Balaban J connectivity index is 1.77. The van der Waals surface area contributed by atoms with Gasteiger partial charge in [0.15, 0.2) is 0 Å². The molecule has 0 aromatic rings. The zero-order chi connectivity index (χ0) is 13.2. The maximum absolute atomic E-state index is 11.9. The summed E-state index contributed by atoms with van der Waals surface area (Å²) in [6.45, 7) is 2.58. The van der Waals surface area contributed by atoms with Gasteiger partial charge in [-0.15, -0.1) is 0 Å². The van der Waals surface area contributed by atoms with Crippen LogP contribution in [0.15, 0.2) is 12.2 Å². The normalized spacial score (nSPS) is 39.8. The summed E-state index contributed by atoms with van der Waals surface area (Å²) in [6.07, 6.45) is 8.08. The Morgan fingerprint density at radius 1 is 1.44 bits per heavy atom. The second-order valence-corrected chi connectivity index (χ2v) is 6.02. The van der Waals surface area contributed by atoms with Gasteiger partial charge in [-0.1, -0.05) is 19.1 Å². The highest BCUT2D eigenvalue weighted by atomic mass is 16.3. The van der Waals surface area contributed by atoms with Crippen LogP contribution in [0.25, 0.3) is 0 Å². The molecule has 0 aromatic heterocycles. The number of amides is 1. The molecule has 4 heteroatoms. The molecule has 0 aliphatic heterocycles. The van der Waals surface area contributed by atoms with E-state index in [4.69, 9.17) is 5.73 Å². The Morgan fingerprint density at radius 3 is 2.67 bits per heavy atom. The van der Waals surface area contributed by atoms with Crippen LogP contribution in [0.3, 0.4) is 0 Å². The highest BCUT2D eigenvalue weighted by Gasteiger charge is 2.33. The molecule has 1 amide bonds. The fraction of sp³-hybridized carbons (Fsp3) is 0.786. The van der Waals surface area contributed by atoms with E-state index < -0.39 is 5.60 Å². The highest BCUT2D eigenvalue weighted by Crippen LogP contribution is 2.31. The first-order valence-electron chi connectivity index (χ1n) is 6.92. The molecule has 1 saturated carbocycles. The quantitative estimate of drug-likeness (QED) is 0.655. The van der Waals surface area contributed by atoms with Crippen molar-refractivity contribution in [3.63, 3.8) is 0 Å². The van der Waals surface area contributed by atoms with Crippen molar-refractivity contribution >= 4 is 5.91 Å². The number of hydrogen-bond donors (Lipinski definition) is 3. The highest BCUT2D eigenvalue weighted by molar-refractivity contribution is 5.81. The van der Waals surface area contributed by atoms with E-state index in [9.17, 15) is 9.90 Å². The average molecular weight is 252 g/mol. The van der Waals surface area contributed by atoms with E-state index >= 15 is 0 Å². The lowest BCUT2D eigenvalue weighted by Crippen LogP contribution is -2.46. The van der Waals surface area contributed by atoms with E-state index in [1.54, 1.807) is 0 Å². The van der Waals surface area contributed by atoms with Crippen molar-refractivity contribution in [2.45, 2.75) is 50.7 Å². The fourth-order valence-electron chi connectivity index (χ4n) is 2.78. The van der Waals surface area contributed by atoms with Crippen molar-refractivity contribution in [1.29, 1.82) is 0 Å². The van der Waals surface area contributed by atoms with Crippen LogP contribution in [0.1, 0.15) is 39.0 Å². The molecule has 1 fully saturated rings. The van der Waals surface area contributed by atoms with Gasteiger partial charge in [-0.25, -0.2) is 0 Å². The van der Waals surface area contributed by atoms with Crippen molar-refractivity contribution in [1.82, 2.24) is 5.32 Å². The summed E-state index contributed by atoms with van der Waals surface area (Å²) in [7, 11) is 0. The number of nitrogens with one attached hydrogen (secondary N) is 1.